The predicted molar refractivity (Wildman–Crippen MR) is 76.5 cm³/mol. The molecule has 0 aliphatic carbocycles. The lowest BCUT2D eigenvalue weighted by Gasteiger charge is -2.09. The van der Waals surface area contributed by atoms with Crippen molar-refractivity contribution in [2.45, 2.75) is 13.0 Å². The largest absolute Gasteiger partial charge is 0.383 e. The zero-order valence-corrected chi connectivity index (χ0v) is 12.0. The number of hydrogen-bond donors (Lipinski definition) is 3. The minimum absolute atomic E-state index is 0. The Bertz CT molecular complexity index is 360. The number of benzene rings is 1. The lowest BCUT2D eigenvalue weighted by Crippen LogP contribution is -2.40. The van der Waals surface area contributed by atoms with Crippen LogP contribution in [0.3, 0.4) is 0 Å². The van der Waals surface area contributed by atoms with Crippen LogP contribution in [0.1, 0.15) is 6.92 Å². The number of anilines is 1. The molecule has 0 spiro atoms. The molecule has 0 heterocycles. The van der Waals surface area contributed by atoms with Crippen LogP contribution in [0.2, 0.25) is 0 Å². The Kier molecular flexibility index (Phi) is 7.95. The van der Waals surface area contributed by atoms with E-state index in [-0.39, 0.29) is 18.3 Å². The first kappa shape index (κ1) is 16.2. The van der Waals surface area contributed by atoms with Gasteiger partial charge in [-0.25, -0.2) is 0 Å². The van der Waals surface area contributed by atoms with Crippen LogP contribution in [0, 0.1) is 0 Å². The van der Waals surface area contributed by atoms with Crippen LogP contribution in [-0.2, 0) is 4.79 Å². The second kappa shape index (κ2) is 8.33. The summed E-state index contributed by atoms with van der Waals surface area (Å²) in [6, 6.07) is 7.41. The van der Waals surface area contributed by atoms with Crippen LogP contribution in [0.15, 0.2) is 28.7 Å². The topological polar surface area (TPSA) is 67.2 Å². The normalized spacial score (nSPS) is 11.2. The first-order valence-corrected chi connectivity index (χ1v) is 5.91. The maximum atomic E-state index is 11.1. The van der Waals surface area contributed by atoms with Crippen molar-refractivity contribution in [1.82, 2.24) is 5.32 Å². The maximum absolute atomic E-state index is 11.1. The zero-order chi connectivity index (χ0) is 12.0. The molecular weight excluding hydrogens is 305 g/mol. The fourth-order valence-electron chi connectivity index (χ4n) is 1.15. The van der Waals surface area contributed by atoms with Gasteiger partial charge in [-0.15, -0.1) is 12.4 Å². The van der Waals surface area contributed by atoms with Gasteiger partial charge < -0.3 is 16.4 Å². The summed E-state index contributed by atoms with van der Waals surface area (Å²) in [5.41, 5.74) is 6.43. The lowest BCUT2D eigenvalue weighted by molar-refractivity contribution is -0.121. The van der Waals surface area contributed by atoms with Crippen LogP contribution in [0.5, 0.6) is 0 Å². The van der Waals surface area contributed by atoms with Crippen molar-refractivity contribution < 1.29 is 4.79 Å². The summed E-state index contributed by atoms with van der Waals surface area (Å²) in [5, 5.41) is 5.92. The average Bonchev–Trinajstić information content (AvgIpc) is 2.24. The molecule has 1 rings (SSSR count). The first-order valence-electron chi connectivity index (χ1n) is 5.12. The molecular formula is C11H17BrClN3O. The van der Waals surface area contributed by atoms with E-state index in [0.29, 0.717) is 13.1 Å². The van der Waals surface area contributed by atoms with Gasteiger partial charge in [-0.05, 0) is 25.1 Å². The number of nitrogens with two attached hydrogens (primary N) is 1. The zero-order valence-electron chi connectivity index (χ0n) is 9.57. The number of halogens is 2. The van der Waals surface area contributed by atoms with Crippen LogP contribution in [0.4, 0.5) is 5.69 Å². The number of carbonyl (C=O) groups is 1. The smallest absolute Gasteiger partial charge is 0.236 e. The summed E-state index contributed by atoms with van der Waals surface area (Å²) in [6.45, 7) is 2.90. The third-order valence-electron chi connectivity index (χ3n) is 1.99. The Morgan fingerprint density at radius 2 is 2.18 bits per heavy atom. The van der Waals surface area contributed by atoms with E-state index in [9.17, 15) is 4.79 Å². The molecule has 4 N–H and O–H groups in total. The van der Waals surface area contributed by atoms with Crippen molar-refractivity contribution in [3.63, 3.8) is 0 Å². The van der Waals surface area contributed by atoms with E-state index in [1.807, 2.05) is 24.3 Å². The van der Waals surface area contributed by atoms with Crippen LogP contribution in [-0.4, -0.2) is 25.0 Å². The van der Waals surface area contributed by atoms with E-state index >= 15 is 0 Å². The highest BCUT2D eigenvalue weighted by Crippen LogP contribution is 2.14. The standard InChI is InChI=1S/C11H16BrN3O.ClH/c1-8(13)11(16)15-6-5-14-10-4-2-3-9(12)7-10;/h2-4,7-8,14H,5-6,13H2,1H3,(H,15,16);1H/t8-;/m1./s1. The number of hydrogen-bond acceptors (Lipinski definition) is 3. The molecule has 6 heteroatoms. The second-order valence-electron chi connectivity index (χ2n) is 3.52. The van der Waals surface area contributed by atoms with Gasteiger partial charge in [-0.1, -0.05) is 22.0 Å². The van der Waals surface area contributed by atoms with Crippen molar-refractivity contribution >= 4 is 39.9 Å². The van der Waals surface area contributed by atoms with Gasteiger partial charge in [0, 0.05) is 23.2 Å². The molecule has 0 saturated heterocycles. The van der Waals surface area contributed by atoms with Gasteiger partial charge in [-0.3, -0.25) is 4.79 Å². The third kappa shape index (κ3) is 6.51. The molecule has 0 radical (unpaired) electrons. The summed E-state index contributed by atoms with van der Waals surface area (Å²) in [7, 11) is 0. The molecule has 96 valence electrons. The summed E-state index contributed by atoms with van der Waals surface area (Å²) >= 11 is 3.39. The summed E-state index contributed by atoms with van der Waals surface area (Å²) < 4.78 is 1.03. The van der Waals surface area contributed by atoms with Crippen molar-refractivity contribution in [2.75, 3.05) is 18.4 Å². The summed E-state index contributed by atoms with van der Waals surface area (Å²) in [4.78, 5) is 11.1. The molecule has 0 saturated carbocycles. The van der Waals surface area contributed by atoms with E-state index < -0.39 is 6.04 Å². The Hall–Kier alpha value is -0.780. The van der Waals surface area contributed by atoms with Crippen molar-refractivity contribution in [3.8, 4) is 0 Å². The average molecular weight is 323 g/mol. The van der Waals surface area contributed by atoms with Crippen LogP contribution >= 0.6 is 28.3 Å². The monoisotopic (exact) mass is 321 g/mol. The summed E-state index contributed by atoms with van der Waals surface area (Å²) in [6.07, 6.45) is 0. The SMILES string of the molecule is C[C@@H](N)C(=O)NCCNc1cccc(Br)c1.Cl. The molecule has 1 aromatic carbocycles. The van der Waals surface area contributed by atoms with Gasteiger partial charge in [0.15, 0.2) is 0 Å². The van der Waals surface area contributed by atoms with E-state index in [1.54, 1.807) is 6.92 Å². The van der Waals surface area contributed by atoms with E-state index in [2.05, 4.69) is 26.6 Å². The van der Waals surface area contributed by atoms with Gasteiger partial charge in [0.05, 0.1) is 6.04 Å². The number of carbonyl (C=O) groups excluding carboxylic acids is 1. The Labute approximate surface area is 116 Å². The molecule has 0 aliphatic heterocycles. The lowest BCUT2D eigenvalue weighted by atomic mass is 10.3. The Balaban J connectivity index is 0.00000256. The molecule has 0 fully saturated rings. The fourth-order valence-corrected chi connectivity index (χ4v) is 1.55. The van der Waals surface area contributed by atoms with Gasteiger partial charge in [-0.2, -0.15) is 0 Å². The van der Waals surface area contributed by atoms with Crippen molar-refractivity contribution in [2.24, 2.45) is 5.73 Å². The fraction of sp³-hybridized carbons (Fsp3) is 0.364. The molecule has 4 nitrogen and oxygen atoms in total. The molecule has 0 unspecified atom stereocenters. The Morgan fingerprint density at radius 1 is 1.47 bits per heavy atom. The van der Waals surface area contributed by atoms with Crippen LogP contribution < -0.4 is 16.4 Å². The van der Waals surface area contributed by atoms with Gasteiger partial charge in [0.2, 0.25) is 5.91 Å². The molecule has 0 bridgehead atoms. The number of amides is 1. The van der Waals surface area contributed by atoms with Gasteiger partial charge in [0.1, 0.15) is 0 Å². The summed E-state index contributed by atoms with van der Waals surface area (Å²) in [5.74, 6) is -0.129. The highest BCUT2D eigenvalue weighted by molar-refractivity contribution is 9.10. The highest BCUT2D eigenvalue weighted by Gasteiger charge is 2.04. The molecule has 0 aliphatic rings. The molecule has 1 aromatic rings. The number of nitrogens with one attached hydrogen (secondary N) is 2. The quantitative estimate of drug-likeness (QED) is 0.724. The van der Waals surface area contributed by atoms with E-state index in [0.717, 1.165) is 10.2 Å². The molecule has 17 heavy (non-hydrogen) atoms. The predicted octanol–water partition coefficient (Wildman–Crippen LogP) is 1.75. The van der Waals surface area contributed by atoms with Crippen molar-refractivity contribution in [1.29, 1.82) is 0 Å². The first-order chi connectivity index (χ1) is 7.59. The second-order valence-corrected chi connectivity index (χ2v) is 4.43. The minimum atomic E-state index is -0.453. The highest BCUT2D eigenvalue weighted by atomic mass is 79.9. The van der Waals surface area contributed by atoms with Crippen LogP contribution in [0.25, 0.3) is 0 Å². The molecule has 1 atom stereocenters. The van der Waals surface area contributed by atoms with E-state index in [1.165, 1.54) is 0 Å². The van der Waals surface area contributed by atoms with Gasteiger partial charge >= 0.3 is 0 Å². The maximum Gasteiger partial charge on any atom is 0.236 e. The Morgan fingerprint density at radius 3 is 2.76 bits per heavy atom. The third-order valence-corrected chi connectivity index (χ3v) is 2.48. The molecule has 1 amide bonds. The van der Waals surface area contributed by atoms with E-state index in [4.69, 9.17) is 5.73 Å². The minimum Gasteiger partial charge on any atom is -0.383 e. The number of rotatable bonds is 5. The molecule has 0 aromatic heterocycles. The van der Waals surface area contributed by atoms with Crippen molar-refractivity contribution in [3.05, 3.63) is 28.7 Å². The van der Waals surface area contributed by atoms with Gasteiger partial charge in [0.25, 0.3) is 0 Å².